The molecular formula is C27H29F3N4OS. The van der Waals surface area contributed by atoms with Gasteiger partial charge in [-0.2, -0.15) is 13.2 Å². The van der Waals surface area contributed by atoms with E-state index in [9.17, 15) is 18.0 Å². The Labute approximate surface area is 212 Å². The molecule has 2 unspecified atom stereocenters. The third kappa shape index (κ3) is 5.13. The lowest BCUT2D eigenvalue weighted by molar-refractivity contribution is -0.137. The Morgan fingerprint density at radius 1 is 1.11 bits per heavy atom. The monoisotopic (exact) mass is 514 g/mol. The van der Waals surface area contributed by atoms with Crippen molar-refractivity contribution < 1.29 is 18.0 Å². The van der Waals surface area contributed by atoms with Gasteiger partial charge in [-0.05, 0) is 66.4 Å². The van der Waals surface area contributed by atoms with Gasteiger partial charge in [0.2, 0.25) is 5.91 Å². The smallest absolute Gasteiger partial charge is 0.351 e. The molecule has 0 aliphatic carbocycles. The van der Waals surface area contributed by atoms with E-state index in [1.165, 1.54) is 27.3 Å². The number of rotatable bonds is 4. The van der Waals surface area contributed by atoms with Crippen LogP contribution in [0.15, 0.2) is 54.1 Å². The lowest BCUT2D eigenvalue weighted by Crippen LogP contribution is -2.58. The van der Waals surface area contributed by atoms with Gasteiger partial charge >= 0.3 is 6.18 Å². The highest BCUT2D eigenvalue weighted by Gasteiger charge is 2.34. The summed E-state index contributed by atoms with van der Waals surface area (Å²) in [5.74, 6) is 0.641. The van der Waals surface area contributed by atoms with Gasteiger partial charge in [-0.25, -0.2) is 4.98 Å². The van der Waals surface area contributed by atoms with E-state index in [-0.39, 0.29) is 18.0 Å². The fraction of sp³-hybridized carbons (Fsp3) is 0.407. The maximum absolute atomic E-state index is 13.1. The molecule has 1 saturated heterocycles. The lowest BCUT2D eigenvalue weighted by atomic mass is 9.99. The number of alkyl halides is 3. The molecule has 190 valence electrons. The summed E-state index contributed by atoms with van der Waals surface area (Å²) in [5, 5.41) is 3.36. The van der Waals surface area contributed by atoms with Crippen LogP contribution in [-0.4, -0.2) is 65.5 Å². The van der Waals surface area contributed by atoms with Crippen LogP contribution in [0.1, 0.15) is 31.4 Å². The fourth-order valence-electron chi connectivity index (χ4n) is 5.05. The molecule has 1 amide bonds. The minimum Gasteiger partial charge on any atom is -0.351 e. The van der Waals surface area contributed by atoms with Crippen LogP contribution in [0, 0.1) is 0 Å². The molecule has 2 atom stereocenters. The second-order valence-corrected chi connectivity index (χ2v) is 10.6. The summed E-state index contributed by atoms with van der Waals surface area (Å²) in [7, 11) is 0. The highest BCUT2D eigenvalue weighted by molar-refractivity contribution is 7.17. The molecule has 0 bridgehead atoms. The van der Waals surface area contributed by atoms with Gasteiger partial charge in [0.15, 0.2) is 0 Å². The standard InChI is InChI=1S/C27H29F3N4OS/c1-18-16-34(25-6-5-23(14-31-25)27(28,29)30)19(2)15-33(18)17-26(35)32-10-7-20(8-11-32)22-4-3-21-9-12-36-24(21)13-22/h3-7,9,12-14,18-19H,8,10-11,15-17H2,1-2H3. The van der Waals surface area contributed by atoms with E-state index >= 15 is 0 Å². The number of fused-ring (bicyclic) bond motifs is 1. The van der Waals surface area contributed by atoms with Crippen molar-refractivity contribution in [2.24, 2.45) is 0 Å². The second-order valence-electron chi connectivity index (χ2n) is 9.68. The first-order chi connectivity index (χ1) is 17.2. The molecule has 3 aromatic rings. The summed E-state index contributed by atoms with van der Waals surface area (Å²) in [6, 6.07) is 11.3. The number of aromatic nitrogens is 1. The van der Waals surface area contributed by atoms with Gasteiger partial charge in [0.05, 0.1) is 12.1 Å². The summed E-state index contributed by atoms with van der Waals surface area (Å²) < 4.78 is 39.9. The average molecular weight is 515 g/mol. The molecule has 1 fully saturated rings. The largest absolute Gasteiger partial charge is 0.417 e. The minimum atomic E-state index is -4.40. The molecule has 4 heterocycles. The lowest BCUT2D eigenvalue weighted by Gasteiger charge is -2.45. The van der Waals surface area contributed by atoms with E-state index in [0.29, 0.717) is 38.5 Å². The van der Waals surface area contributed by atoms with Gasteiger partial charge in [-0.3, -0.25) is 9.69 Å². The Morgan fingerprint density at radius 3 is 2.64 bits per heavy atom. The molecule has 0 radical (unpaired) electrons. The van der Waals surface area contributed by atoms with Crippen LogP contribution in [0.3, 0.4) is 0 Å². The molecule has 1 aromatic carbocycles. The highest BCUT2D eigenvalue weighted by atomic mass is 32.1. The van der Waals surface area contributed by atoms with Crippen LogP contribution in [0.5, 0.6) is 0 Å². The average Bonchev–Trinajstić information content (AvgIpc) is 3.34. The predicted octanol–water partition coefficient (Wildman–Crippen LogP) is 5.53. The number of benzene rings is 1. The van der Waals surface area contributed by atoms with Crippen molar-refractivity contribution in [2.45, 2.75) is 38.5 Å². The van der Waals surface area contributed by atoms with Crippen molar-refractivity contribution in [2.75, 3.05) is 37.6 Å². The fourth-order valence-corrected chi connectivity index (χ4v) is 5.88. The number of piperazine rings is 1. The normalized spacial score (nSPS) is 21.6. The summed E-state index contributed by atoms with van der Waals surface area (Å²) in [4.78, 5) is 23.3. The summed E-state index contributed by atoms with van der Waals surface area (Å²) in [5.41, 5.74) is 1.77. The predicted molar refractivity (Wildman–Crippen MR) is 138 cm³/mol. The summed E-state index contributed by atoms with van der Waals surface area (Å²) in [6.45, 7) is 6.95. The molecule has 0 N–H and O–H groups in total. The van der Waals surface area contributed by atoms with Crippen LogP contribution in [0.4, 0.5) is 19.0 Å². The van der Waals surface area contributed by atoms with Crippen molar-refractivity contribution in [1.29, 1.82) is 0 Å². The van der Waals surface area contributed by atoms with Crippen molar-refractivity contribution in [1.82, 2.24) is 14.8 Å². The number of anilines is 1. The SMILES string of the molecule is CC1CN(c2ccc(C(F)(F)F)cn2)C(C)CN1CC(=O)N1CC=C(c2ccc3ccsc3c2)CC1. The van der Waals surface area contributed by atoms with Crippen molar-refractivity contribution in [3.8, 4) is 0 Å². The van der Waals surface area contributed by atoms with E-state index in [0.717, 1.165) is 18.7 Å². The van der Waals surface area contributed by atoms with E-state index in [4.69, 9.17) is 0 Å². The zero-order valence-electron chi connectivity index (χ0n) is 20.3. The van der Waals surface area contributed by atoms with Crippen LogP contribution in [-0.2, 0) is 11.0 Å². The maximum atomic E-state index is 13.1. The summed E-state index contributed by atoms with van der Waals surface area (Å²) in [6.07, 6.45) is -0.511. The molecule has 5 rings (SSSR count). The number of carbonyl (C=O) groups is 1. The zero-order valence-corrected chi connectivity index (χ0v) is 21.1. The number of hydrogen-bond acceptors (Lipinski definition) is 5. The third-order valence-corrected chi connectivity index (χ3v) is 8.09. The van der Waals surface area contributed by atoms with E-state index in [1.54, 1.807) is 11.3 Å². The van der Waals surface area contributed by atoms with Crippen LogP contribution in [0.25, 0.3) is 15.7 Å². The first-order valence-electron chi connectivity index (χ1n) is 12.2. The van der Waals surface area contributed by atoms with Gasteiger partial charge in [0.1, 0.15) is 5.82 Å². The highest BCUT2D eigenvalue weighted by Crippen LogP contribution is 2.31. The third-order valence-electron chi connectivity index (χ3n) is 7.21. The Kier molecular flexibility index (Phi) is 6.78. The topological polar surface area (TPSA) is 39.7 Å². The van der Waals surface area contributed by atoms with Gasteiger partial charge in [-0.15, -0.1) is 11.3 Å². The minimum absolute atomic E-state index is 0.0262. The van der Waals surface area contributed by atoms with Crippen LogP contribution < -0.4 is 4.90 Å². The molecule has 2 aliphatic heterocycles. The van der Waals surface area contributed by atoms with Crippen molar-refractivity contribution in [3.05, 3.63) is 65.2 Å². The number of hydrogen-bond donors (Lipinski definition) is 0. The Hall–Kier alpha value is -2.91. The number of nitrogens with zero attached hydrogens (tertiary/aromatic N) is 4. The Balaban J connectivity index is 1.18. The number of amides is 1. The maximum Gasteiger partial charge on any atom is 0.417 e. The molecule has 0 spiro atoms. The number of carbonyl (C=O) groups excluding carboxylic acids is 1. The van der Waals surface area contributed by atoms with Crippen LogP contribution >= 0.6 is 11.3 Å². The number of halogens is 3. The van der Waals surface area contributed by atoms with E-state index in [1.807, 2.05) is 23.6 Å². The van der Waals surface area contributed by atoms with E-state index < -0.39 is 11.7 Å². The Morgan fingerprint density at radius 2 is 1.94 bits per heavy atom. The molecule has 0 saturated carbocycles. The van der Waals surface area contributed by atoms with Crippen LogP contribution in [0.2, 0.25) is 0 Å². The first-order valence-corrected chi connectivity index (χ1v) is 13.1. The quantitative estimate of drug-likeness (QED) is 0.459. The number of thiophene rings is 1. The molecule has 2 aromatic heterocycles. The van der Waals surface area contributed by atoms with Gasteiger partial charge in [0.25, 0.3) is 0 Å². The van der Waals surface area contributed by atoms with E-state index in [2.05, 4.69) is 45.6 Å². The zero-order chi connectivity index (χ0) is 25.4. The van der Waals surface area contributed by atoms with Gasteiger partial charge in [-0.1, -0.05) is 18.2 Å². The van der Waals surface area contributed by atoms with Gasteiger partial charge in [0, 0.05) is 49.2 Å². The molecule has 36 heavy (non-hydrogen) atoms. The first kappa shape index (κ1) is 24.8. The van der Waals surface area contributed by atoms with Crippen molar-refractivity contribution in [3.63, 3.8) is 0 Å². The summed E-state index contributed by atoms with van der Waals surface area (Å²) >= 11 is 1.74. The van der Waals surface area contributed by atoms with Gasteiger partial charge < -0.3 is 9.80 Å². The molecule has 2 aliphatic rings. The molecule has 9 heteroatoms. The van der Waals surface area contributed by atoms with Crippen molar-refractivity contribution >= 4 is 38.7 Å². The molecule has 5 nitrogen and oxygen atoms in total. The second kappa shape index (κ2) is 9.86. The molecular weight excluding hydrogens is 485 g/mol. The number of pyridine rings is 1. The Bertz CT molecular complexity index is 1270.